The first-order valence-electron chi connectivity index (χ1n) is 10.2. The summed E-state index contributed by atoms with van der Waals surface area (Å²) in [6.07, 6.45) is 7.82. The number of imide groups is 1. The maximum absolute atomic E-state index is 13.0. The summed E-state index contributed by atoms with van der Waals surface area (Å²) in [7, 11) is 0. The van der Waals surface area contributed by atoms with Crippen molar-refractivity contribution in [2.75, 3.05) is 5.32 Å². The predicted octanol–water partition coefficient (Wildman–Crippen LogP) is 2.61. The summed E-state index contributed by atoms with van der Waals surface area (Å²) in [5, 5.41) is 2.87. The van der Waals surface area contributed by atoms with Gasteiger partial charge in [-0.25, -0.2) is 4.98 Å². The van der Waals surface area contributed by atoms with Crippen molar-refractivity contribution in [3.8, 4) is 0 Å². The summed E-state index contributed by atoms with van der Waals surface area (Å²) < 4.78 is 0. The van der Waals surface area contributed by atoms with Crippen LogP contribution in [0.25, 0.3) is 0 Å². The van der Waals surface area contributed by atoms with Crippen molar-refractivity contribution in [3.63, 3.8) is 0 Å². The number of carbonyl (C=O) groups excluding carboxylic acids is 3. The first-order chi connectivity index (χ1) is 13.1. The lowest BCUT2D eigenvalue weighted by atomic mass is 9.81. The molecule has 27 heavy (non-hydrogen) atoms. The largest absolute Gasteiger partial charge is 0.310 e. The molecule has 0 spiro atoms. The number of pyridine rings is 1. The van der Waals surface area contributed by atoms with Gasteiger partial charge in [0.2, 0.25) is 17.7 Å². The van der Waals surface area contributed by atoms with Crippen LogP contribution in [0.2, 0.25) is 0 Å². The van der Waals surface area contributed by atoms with Crippen molar-refractivity contribution in [2.45, 2.75) is 51.0 Å². The molecule has 1 saturated heterocycles. The maximum atomic E-state index is 13.0. The molecule has 3 saturated carbocycles. The smallest absolute Gasteiger partial charge is 0.233 e. The number of likely N-dealkylation sites (tertiary alicyclic amines) is 1. The van der Waals surface area contributed by atoms with Gasteiger partial charge in [-0.3, -0.25) is 19.3 Å². The van der Waals surface area contributed by atoms with Crippen LogP contribution in [0.3, 0.4) is 0 Å². The van der Waals surface area contributed by atoms with E-state index in [1.807, 2.05) is 12.1 Å². The van der Waals surface area contributed by atoms with Gasteiger partial charge in [-0.2, -0.15) is 0 Å². The minimum Gasteiger partial charge on any atom is -0.310 e. The Bertz CT molecular complexity index is 744. The van der Waals surface area contributed by atoms with Gasteiger partial charge in [0.15, 0.2) is 0 Å². The molecule has 1 aromatic heterocycles. The van der Waals surface area contributed by atoms with E-state index >= 15 is 0 Å². The van der Waals surface area contributed by atoms with E-state index < -0.39 is 0 Å². The highest BCUT2D eigenvalue weighted by Crippen LogP contribution is 2.56. The molecular weight excluding hydrogens is 342 g/mol. The monoisotopic (exact) mass is 367 g/mol. The first-order valence-corrected chi connectivity index (χ1v) is 10.2. The fourth-order valence-electron chi connectivity index (χ4n) is 6.05. The summed E-state index contributed by atoms with van der Waals surface area (Å²) in [5.41, 5.74) is 0. The molecule has 6 heteroatoms. The standard InChI is InChI=1S/C21H25N3O3/c25-19(23-16-3-1-2-10-22-16)12-6-8-15(9-7-12)24-20(26)17-13-4-5-14(11-13)18(17)21(24)27/h1-3,10,12-15,17-18H,4-9,11H2,(H,22,23,25)/t12-,13-,14+,15-,17-,18+. The van der Waals surface area contributed by atoms with Crippen molar-refractivity contribution >= 4 is 23.5 Å². The van der Waals surface area contributed by atoms with Gasteiger partial charge < -0.3 is 5.32 Å². The van der Waals surface area contributed by atoms with E-state index in [9.17, 15) is 14.4 Å². The molecule has 4 fully saturated rings. The topological polar surface area (TPSA) is 79.4 Å². The molecule has 1 aliphatic heterocycles. The summed E-state index contributed by atoms with van der Waals surface area (Å²) in [6, 6.07) is 5.41. The Hall–Kier alpha value is -2.24. The van der Waals surface area contributed by atoms with Crippen molar-refractivity contribution in [1.82, 2.24) is 9.88 Å². The van der Waals surface area contributed by atoms with E-state index in [1.165, 1.54) is 0 Å². The molecule has 142 valence electrons. The lowest BCUT2D eigenvalue weighted by molar-refractivity contribution is -0.144. The van der Waals surface area contributed by atoms with Crippen molar-refractivity contribution in [1.29, 1.82) is 0 Å². The van der Waals surface area contributed by atoms with Gasteiger partial charge in [0.25, 0.3) is 0 Å². The van der Waals surface area contributed by atoms with E-state index in [2.05, 4.69) is 10.3 Å². The molecule has 3 amide bonds. The van der Waals surface area contributed by atoms with Crippen molar-refractivity contribution < 1.29 is 14.4 Å². The number of hydrogen-bond acceptors (Lipinski definition) is 4. The average Bonchev–Trinajstić information content (AvgIpc) is 3.37. The van der Waals surface area contributed by atoms with Gasteiger partial charge in [0.05, 0.1) is 11.8 Å². The summed E-state index contributed by atoms with van der Waals surface area (Å²) in [4.78, 5) is 44.1. The van der Waals surface area contributed by atoms with Gasteiger partial charge in [-0.1, -0.05) is 6.07 Å². The molecule has 1 aromatic rings. The van der Waals surface area contributed by atoms with Crippen LogP contribution in [0, 0.1) is 29.6 Å². The van der Waals surface area contributed by atoms with Gasteiger partial charge in [-0.05, 0) is 68.9 Å². The first kappa shape index (κ1) is 16.9. The molecule has 3 aliphatic carbocycles. The molecule has 1 N–H and O–H groups in total. The average molecular weight is 367 g/mol. The van der Waals surface area contributed by atoms with E-state index in [-0.39, 0.29) is 41.5 Å². The molecule has 2 heterocycles. The number of nitrogens with one attached hydrogen (secondary N) is 1. The molecular formula is C21H25N3O3. The summed E-state index contributed by atoms with van der Waals surface area (Å²) >= 11 is 0. The molecule has 0 radical (unpaired) electrons. The van der Waals surface area contributed by atoms with E-state index in [0.29, 0.717) is 30.5 Å². The van der Waals surface area contributed by atoms with Crippen molar-refractivity contribution in [3.05, 3.63) is 24.4 Å². The number of anilines is 1. The van der Waals surface area contributed by atoms with Crippen LogP contribution in [0.15, 0.2) is 24.4 Å². The zero-order valence-electron chi connectivity index (χ0n) is 15.3. The van der Waals surface area contributed by atoms with Crippen LogP contribution in [0.4, 0.5) is 5.82 Å². The second-order valence-electron chi connectivity index (χ2n) is 8.64. The molecule has 5 rings (SSSR count). The Labute approximate surface area is 158 Å². The lowest BCUT2D eigenvalue weighted by Gasteiger charge is -2.33. The van der Waals surface area contributed by atoms with E-state index in [0.717, 1.165) is 32.1 Å². The van der Waals surface area contributed by atoms with Crippen LogP contribution in [-0.4, -0.2) is 33.6 Å². The Kier molecular flexibility index (Phi) is 4.02. The number of hydrogen-bond donors (Lipinski definition) is 1. The highest BCUT2D eigenvalue weighted by Gasteiger charge is 2.61. The summed E-state index contributed by atoms with van der Waals surface area (Å²) in [5.74, 6) is 1.43. The second kappa shape index (κ2) is 6.43. The SMILES string of the molecule is O=C1[C@@H]2[C@@H]3CC[C@@H](C3)[C@@H]2C(=O)N1[C@H]1CC[C@H](C(=O)Nc2ccccn2)CC1. The Morgan fingerprint density at radius 3 is 2.22 bits per heavy atom. The Balaban J connectivity index is 1.22. The molecule has 0 unspecified atom stereocenters. The van der Waals surface area contributed by atoms with Crippen LogP contribution in [0.5, 0.6) is 0 Å². The fraction of sp³-hybridized carbons (Fsp3) is 0.619. The highest BCUT2D eigenvalue weighted by atomic mass is 16.2. The van der Waals surface area contributed by atoms with Gasteiger partial charge in [0, 0.05) is 18.2 Å². The summed E-state index contributed by atoms with van der Waals surface area (Å²) in [6.45, 7) is 0. The van der Waals surface area contributed by atoms with Gasteiger partial charge in [-0.15, -0.1) is 0 Å². The Morgan fingerprint density at radius 1 is 0.963 bits per heavy atom. The maximum Gasteiger partial charge on any atom is 0.233 e. The lowest BCUT2D eigenvalue weighted by Crippen LogP contribution is -2.44. The number of rotatable bonds is 3. The number of aromatic nitrogens is 1. The second-order valence-corrected chi connectivity index (χ2v) is 8.64. The molecule has 6 nitrogen and oxygen atoms in total. The zero-order chi connectivity index (χ0) is 18.5. The van der Waals surface area contributed by atoms with E-state index in [4.69, 9.17) is 0 Å². The van der Waals surface area contributed by atoms with E-state index in [1.54, 1.807) is 17.2 Å². The fourth-order valence-corrected chi connectivity index (χ4v) is 6.05. The molecule has 0 aromatic carbocycles. The minimum atomic E-state index is -0.0771. The molecule has 2 bridgehead atoms. The minimum absolute atomic E-state index is 0.0128. The molecule has 4 atom stereocenters. The Morgan fingerprint density at radius 2 is 1.63 bits per heavy atom. The number of nitrogens with zero attached hydrogens (tertiary/aromatic N) is 2. The van der Waals surface area contributed by atoms with Gasteiger partial charge >= 0.3 is 0 Å². The quantitative estimate of drug-likeness (QED) is 0.833. The third-order valence-corrected chi connectivity index (χ3v) is 7.31. The normalized spacial score (nSPS) is 37.6. The van der Waals surface area contributed by atoms with Crippen LogP contribution >= 0.6 is 0 Å². The van der Waals surface area contributed by atoms with Gasteiger partial charge in [0.1, 0.15) is 5.82 Å². The number of fused-ring (bicyclic) bond motifs is 5. The van der Waals surface area contributed by atoms with Crippen LogP contribution in [0.1, 0.15) is 44.9 Å². The van der Waals surface area contributed by atoms with Crippen LogP contribution in [-0.2, 0) is 14.4 Å². The molecule has 4 aliphatic rings. The number of amides is 3. The number of carbonyl (C=O) groups is 3. The third-order valence-electron chi connectivity index (χ3n) is 7.31. The highest BCUT2D eigenvalue weighted by molar-refractivity contribution is 6.06. The van der Waals surface area contributed by atoms with Crippen LogP contribution < -0.4 is 5.32 Å². The third kappa shape index (κ3) is 2.68. The predicted molar refractivity (Wildman–Crippen MR) is 98.3 cm³/mol. The van der Waals surface area contributed by atoms with Crippen molar-refractivity contribution in [2.24, 2.45) is 29.6 Å². The zero-order valence-corrected chi connectivity index (χ0v) is 15.3.